The number of hydrogen-bond acceptors (Lipinski definition) is 5. The minimum absolute atomic E-state index is 0.0506. The Kier molecular flexibility index (Phi) is 4.16. The number of aromatic nitrogens is 4. The Bertz CT molecular complexity index is 670. The van der Waals surface area contributed by atoms with Crippen LogP contribution in [0.2, 0.25) is 0 Å². The van der Waals surface area contributed by atoms with Crippen molar-refractivity contribution in [2.45, 2.75) is 39.2 Å². The summed E-state index contributed by atoms with van der Waals surface area (Å²) in [6.07, 6.45) is 4.50. The van der Waals surface area contributed by atoms with Crippen molar-refractivity contribution in [1.82, 2.24) is 25.1 Å². The number of nitrogens with one attached hydrogen (secondary N) is 1. The maximum atomic E-state index is 12.2. The minimum Gasteiger partial charge on any atom is -0.504 e. The third kappa shape index (κ3) is 3.41. The van der Waals surface area contributed by atoms with Gasteiger partial charge in [-0.15, -0.1) is 0 Å². The Labute approximate surface area is 129 Å². The summed E-state index contributed by atoms with van der Waals surface area (Å²) in [5.74, 6) is 0.423. The summed E-state index contributed by atoms with van der Waals surface area (Å²) in [5.41, 5.74) is 0.626. The van der Waals surface area contributed by atoms with Crippen molar-refractivity contribution in [3.63, 3.8) is 0 Å². The monoisotopic (exact) mass is 303 g/mol. The summed E-state index contributed by atoms with van der Waals surface area (Å²) < 4.78 is 1.49. The zero-order chi connectivity index (χ0) is 16.5. The molecule has 118 valence electrons. The molecule has 1 amide bonds. The van der Waals surface area contributed by atoms with Gasteiger partial charge in [0.25, 0.3) is 5.91 Å². The van der Waals surface area contributed by atoms with Gasteiger partial charge in [-0.05, 0) is 6.92 Å². The Balaban J connectivity index is 2.10. The van der Waals surface area contributed by atoms with Crippen molar-refractivity contribution >= 4 is 5.91 Å². The number of rotatable bonds is 3. The van der Waals surface area contributed by atoms with E-state index in [1.54, 1.807) is 14.0 Å². The Hall–Kier alpha value is -2.44. The average molecular weight is 303 g/mol. The van der Waals surface area contributed by atoms with E-state index in [0.29, 0.717) is 17.1 Å². The van der Waals surface area contributed by atoms with Crippen LogP contribution in [0.3, 0.4) is 0 Å². The van der Waals surface area contributed by atoms with Crippen molar-refractivity contribution in [1.29, 1.82) is 0 Å². The van der Waals surface area contributed by atoms with E-state index in [9.17, 15) is 9.90 Å². The molecule has 0 bridgehead atoms. The van der Waals surface area contributed by atoms with E-state index in [1.165, 1.54) is 23.3 Å². The number of amides is 1. The van der Waals surface area contributed by atoms with E-state index in [4.69, 9.17) is 0 Å². The average Bonchev–Trinajstić information content (AvgIpc) is 2.77. The molecule has 2 rings (SSSR count). The van der Waals surface area contributed by atoms with Gasteiger partial charge in [-0.3, -0.25) is 9.48 Å². The predicted molar refractivity (Wildman–Crippen MR) is 81.5 cm³/mol. The Morgan fingerprint density at radius 3 is 2.36 bits per heavy atom. The lowest BCUT2D eigenvalue weighted by atomic mass is 9.96. The highest BCUT2D eigenvalue weighted by Gasteiger charge is 2.20. The lowest BCUT2D eigenvalue weighted by molar-refractivity contribution is 0.0938. The lowest BCUT2D eigenvalue weighted by Gasteiger charge is -2.16. The van der Waals surface area contributed by atoms with Crippen LogP contribution >= 0.6 is 0 Å². The molecular weight excluding hydrogens is 282 g/mol. The zero-order valence-electron chi connectivity index (χ0n) is 13.5. The van der Waals surface area contributed by atoms with E-state index in [-0.39, 0.29) is 17.1 Å². The molecule has 7 heteroatoms. The number of hydrogen-bond donors (Lipinski definition) is 2. The smallest absolute Gasteiger partial charge is 0.254 e. The first-order valence-corrected chi connectivity index (χ1v) is 7.04. The van der Waals surface area contributed by atoms with Crippen LogP contribution in [0.4, 0.5) is 0 Å². The van der Waals surface area contributed by atoms with E-state index < -0.39 is 6.04 Å². The maximum absolute atomic E-state index is 12.2. The fraction of sp³-hybridized carbons (Fsp3) is 0.467. The number of nitrogens with zero attached hydrogens (tertiary/aromatic N) is 4. The van der Waals surface area contributed by atoms with Gasteiger partial charge in [-0.2, -0.15) is 5.10 Å². The second-order valence-electron chi connectivity index (χ2n) is 6.31. The first-order chi connectivity index (χ1) is 10.2. The van der Waals surface area contributed by atoms with Gasteiger partial charge in [0.05, 0.1) is 17.8 Å². The summed E-state index contributed by atoms with van der Waals surface area (Å²) in [4.78, 5) is 20.7. The van der Waals surface area contributed by atoms with Crippen LogP contribution in [-0.4, -0.2) is 30.8 Å². The van der Waals surface area contributed by atoms with E-state index in [2.05, 4.69) is 20.4 Å². The molecule has 1 atom stereocenters. The Morgan fingerprint density at radius 1 is 1.32 bits per heavy atom. The molecule has 7 nitrogen and oxygen atoms in total. The van der Waals surface area contributed by atoms with Crippen LogP contribution in [0, 0.1) is 0 Å². The van der Waals surface area contributed by atoms with E-state index in [0.717, 1.165) is 0 Å². The summed E-state index contributed by atoms with van der Waals surface area (Å²) in [6, 6.07) is -0.420. The summed E-state index contributed by atoms with van der Waals surface area (Å²) in [7, 11) is 1.71. The minimum atomic E-state index is -0.420. The molecule has 2 N–H and O–H groups in total. The highest BCUT2D eigenvalue weighted by atomic mass is 16.3. The third-order valence-corrected chi connectivity index (χ3v) is 3.18. The van der Waals surface area contributed by atoms with Gasteiger partial charge in [-0.1, -0.05) is 20.8 Å². The molecule has 0 saturated heterocycles. The first-order valence-electron chi connectivity index (χ1n) is 7.04. The van der Waals surface area contributed by atoms with Crippen molar-refractivity contribution < 1.29 is 9.90 Å². The molecule has 0 aliphatic carbocycles. The topological polar surface area (TPSA) is 92.9 Å². The van der Waals surface area contributed by atoms with Crippen LogP contribution in [-0.2, 0) is 12.5 Å². The molecule has 2 heterocycles. The predicted octanol–water partition coefficient (Wildman–Crippen LogP) is 1.70. The quantitative estimate of drug-likeness (QED) is 0.900. The van der Waals surface area contributed by atoms with Gasteiger partial charge in [0.1, 0.15) is 11.5 Å². The maximum Gasteiger partial charge on any atom is 0.254 e. The number of carbonyl (C=O) groups is 1. The molecule has 1 unspecified atom stereocenters. The van der Waals surface area contributed by atoms with Gasteiger partial charge in [0.15, 0.2) is 5.75 Å². The fourth-order valence-electron chi connectivity index (χ4n) is 1.98. The summed E-state index contributed by atoms with van der Waals surface area (Å²) in [5, 5.41) is 16.6. The van der Waals surface area contributed by atoms with Crippen LogP contribution in [0.15, 0.2) is 18.6 Å². The Morgan fingerprint density at radius 2 is 1.91 bits per heavy atom. The lowest BCUT2D eigenvalue weighted by Crippen LogP contribution is -2.28. The molecule has 0 fully saturated rings. The molecule has 0 saturated carbocycles. The molecule has 0 aliphatic rings. The van der Waals surface area contributed by atoms with Crippen molar-refractivity contribution in [3.05, 3.63) is 35.7 Å². The standard InChI is InChI=1S/C15H21N5O2/c1-9(12-11(21)8-20(5)19-12)18-13(22)10-6-16-14(17-7-10)15(2,3)4/h6-9,21H,1-5H3,(H,18,22). The van der Waals surface area contributed by atoms with Crippen molar-refractivity contribution in [2.24, 2.45) is 7.05 Å². The van der Waals surface area contributed by atoms with Crippen molar-refractivity contribution in [2.75, 3.05) is 0 Å². The van der Waals surface area contributed by atoms with Crippen LogP contribution in [0.5, 0.6) is 5.75 Å². The highest BCUT2D eigenvalue weighted by Crippen LogP contribution is 2.22. The molecule has 0 aliphatic heterocycles. The molecule has 0 spiro atoms. The number of carbonyl (C=O) groups excluding carboxylic acids is 1. The van der Waals surface area contributed by atoms with Gasteiger partial charge < -0.3 is 10.4 Å². The molecule has 2 aromatic heterocycles. The summed E-state index contributed by atoms with van der Waals surface area (Å²) in [6.45, 7) is 7.78. The first kappa shape index (κ1) is 15.9. The normalized spacial score (nSPS) is 13.0. The second-order valence-corrected chi connectivity index (χ2v) is 6.31. The largest absolute Gasteiger partial charge is 0.504 e. The van der Waals surface area contributed by atoms with Crippen molar-refractivity contribution in [3.8, 4) is 5.75 Å². The second kappa shape index (κ2) is 5.75. The van der Waals surface area contributed by atoms with Gasteiger partial charge in [0, 0.05) is 24.9 Å². The van der Waals surface area contributed by atoms with Gasteiger partial charge >= 0.3 is 0 Å². The van der Waals surface area contributed by atoms with E-state index in [1.807, 2.05) is 20.8 Å². The van der Waals surface area contributed by atoms with E-state index >= 15 is 0 Å². The fourth-order valence-corrected chi connectivity index (χ4v) is 1.98. The van der Waals surface area contributed by atoms with Gasteiger partial charge in [0.2, 0.25) is 0 Å². The highest BCUT2D eigenvalue weighted by molar-refractivity contribution is 5.93. The van der Waals surface area contributed by atoms with Crippen LogP contribution < -0.4 is 5.32 Å². The number of aromatic hydroxyl groups is 1. The molecule has 2 aromatic rings. The van der Waals surface area contributed by atoms with Gasteiger partial charge in [-0.25, -0.2) is 9.97 Å². The molecular formula is C15H21N5O2. The van der Waals surface area contributed by atoms with Crippen LogP contribution in [0.1, 0.15) is 55.6 Å². The zero-order valence-corrected chi connectivity index (χ0v) is 13.5. The third-order valence-electron chi connectivity index (χ3n) is 3.18. The molecule has 22 heavy (non-hydrogen) atoms. The SMILES string of the molecule is CC(NC(=O)c1cnc(C(C)(C)C)nc1)c1nn(C)cc1O. The number of aryl methyl sites for hydroxylation is 1. The molecule has 0 radical (unpaired) electrons. The summed E-state index contributed by atoms with van der Waals surface area (Å²) >= 11 is 0. The van der Waals surface area contributed by atoms with Crippen LogP contribution in [0.25, 0.3) is 0 Å². The molecule has 0 aromatic carbocycles.